The maximum atomic E-state index is 13.7. The van der Waals surface area contributed by atoms with E-state index < -0.39 is 11.6 Å². The number of aryl methyl sites for hydroxylation is 1. The van der Waals surface area contributed by atoms with Crippen molar-refractivity contribution in [3.05, 3.63) is 84.1 Å². The third-order valence-corrected chi connectivity index (χ3v) is 6.97. The number of urea groups is 1. The largest absolute Gasteiger partial charge is 0.493 e. The number of nitrogens with zero attached hydrogens (tertiary/aromatic N) is 5. The van der Waals surface area contributed by atoms with Gasteiger partial charge in [-0.3, -0.25) is 19.7 Å². The van der Waals surface area contributed by atoms with E-state index in [1.807, 2.05) is 37.3 Å². The van der Waals surface area contributed by atoms with Gasteiger partial charge in [0.1, 0.15) is 12.1 Å². The number of para-hydroxylation sites is 1. The van der Waals surface area contributed by atoms with Crippen molar-refractivity contribution in [2.24, 2.45) is 0 Å². The highest BCUT2D eigenvalue weighted by Crippen LogP contribution is 2.38. The van der Waals surface area contributed by atoms with Gasteiger partial charge in [0.25, 0.3) is 5.91 Å². The zero-order valence-electron chi connectivity index (χ0n) is 23.0. The highest BCUT2D eigenvalue weighted by Gasteiger charge is 2.52. The Bertz CT molecular complexity index is 1530. The molecule has 1 fully saturated rings. The molecule has 5 rings (SSSR count). The molecule has 0 atom stereocenters. The van der Waals surface area contributed by atoms with Gasteiger partial charge >= 0.3 is 6.03 Å². The van der Waals surface area contributed by atoms with Crippen LogP contribution in [0.4, 0.5) is 10.5 Å². The molecule has 1 saturated heterocycles. The molecule has 3 heterocycles. The number of amides is 3. The maximum absolute atomic E-state index is 13.7. The average Bonchev–Trinajstić information content (AvgIpc) is 3.12. The molecule has 3 amide bonds. The fraction of sp³-hybridized carbons (Fsp3) is 0.300. The van der Waals surface area contributed by atoms with Crippen molar-refractivity contribution in [2.75, 3.05) is 25.2 Å². The van der Waals surface area contributed by atoms with Gasteiger partial charge in [-0.25, -0.2) is 9.69 Å². The number of pyridine rings is 1. The molecule has 1 N–H and O–H groups in total. The van der Waals surface area contributed by atoms with Crippen LogP contribution in [0.3, 0.4) is 0 Å². The summed E-state index contributed by atoms with van der Waals surface area (Å²) in [7, 11) is 1.55. The molecule has 1 aliphatic heterocycles. The molecule has 0 radical (unpaired) electrons. The number of fused-ring (bicyclic) bond motifs is 1. The third kappa shape index (κ3) is 5.30. The Kier molecular flexibility index (Phi) is 7.61. The van der Waals surface area contributed by atoms with Gasteiger partial charge in [0.15, 0.2) is 11.5 Å². The molecule has 1 aliphatic rings. The Morgan fingerprint density at radius 3 is 2.58 bits per heavy atom. The van der Waals surface area contributed by atoms with Gasteiger partial charge in [0.2, 0.25) is 0 Å². The zero-order valence-corrected chi connectivity index (χ0v) is 23.0. The summed E-state index contributed by atoms with van der Waals surface area (Å²) >= 11 is 0. The number of anilines is 1. The highest BCUT2D eigenvalue weighted by atomic mass is 16.5. The van der Waals surface area contributed by atoms with Crippen LogP contribution in [0.15, 0.2) is 67.1 Å². The monoisotopic (exact) mass is 540 g/mol. The summed E-state index contributed by atoms with van der Waals surface area (Å²) in [5, 5.41) is 4.21. The van der Waals surface area contributed by atoms with Crippen LogP contribution in [0, 0.1) is 6.92 Å². The second-order valence-corrected chi connectivity index (χ2v) is 10.1. The summed E-state index contributed by atoms with van der Waals surface area (Å²) in [4.78, 5) is 43.1. The van der Waals surface area contributed by atoms with Gasteiger partial charge in [0, 0.05) is 49.7 Å². The molecule has 0 spiro atoms. The molecule has 0 bridgehead atoms. The fourth-order valence-corrected chi connectivity index (χ4v) is 4.67. The Balaban J connectivity index is 1.31. The van der Waals surface area contributed by atoms with E-state index in [2.05, 4.69) is 20.3 Å². The molecule has 0 aliphatic carbocycles. The third-order valence-electron chi connectivity index (χ3n) is 6.97. The molecule has 206 valence electrons. The molecule has 10 nitrogen and oxygen atoms in total. The molecule has 2 aromatic heterocycles. The first-order valence-electron chi connectivity index (χ1n) is 13.1. The van der Waals surface area contributed by atoms with E-state index in [1.165, 1.54) is 4.90 Å². The normalized spacial score (nSPS) is 14.7. The molecule has 2 aromatic carbocycles. The van der Waals surface area contributed by atoms with E-state index in [9.17, 15) is 9.59 Å². The van der Waals surface area contributed by atoms with Crippen LogP contribution in [0.2, 0.25) is 0 Å². The Hall–Kier alpha value is -4.57. The van der Waals surface area contributed by atoms with Crippen LogP contribution in [0.1, 0.15) is 30.8 Å². The van der Waals surface area contributed by atoms with E-state index in [0.717, 1.165) is 27.9 Å². The highest BCUT2D eigenvalue weighted by molar-refractivity contribution is 6.23. The van der Waals surface area contributed by atoms with Crippen LogP contribution in [-0.2, 0) is 17.9 Å². The molecular weight excluding hydrogens is 508 g/mol. The van der Waals surface area contributed by atoms with Gasteiger partial charge in [-0.05, 0) is 50.6 Å². The topological polar surface area (TPSA) is 110 Å². The second-order valence-electron chi connectivity index (χ2n) is 10.1. The Morgan fingerprint density at radius 1 is 0.975 bits per heavy atom. The summed E-state index contributed by atoms with van der Waals surface area (Å²) in [6, 6.07) is 14.3. The number of nitrogens with one attached hydrogen (secondary N) is 1. The standard InChI is InChI=1S/C30H32N6O4/c1-20-16-34-22(18-33-20)17-31-13-14-40-27-15-23(9-10-26(27)39-4)36-28(37)30(2,3)35(29(36)38)19-21-11-12-32-25-8-6-5-7-24(21)25/h5-12,15-16,18,31H,13-14,17,19H2,1-4H3. The first-order chi connectivity index (χ1) is 19.3. The summed E-state index contributed by atoms with van der Waals surface area (Å²) in [5.74, 6) is 0.633. The lowest BCUT2D eigenvalue weighted by atomic mass is 10.0. The maximum Gasteiger partial charge on any atom is 0.332 e. The summed E-state index contributed by atoms with van der Waals surface area (Å²) in [6.07, 6.45) is 5.19. The van der Waals surface area contributed by atoms with Crippen molar-refractivity contribution < 1.29 is 19.1 Å². The molecule has 0 saturated carbocycles. The first kappa shape index (κ1) is 27.0. The summed E-state index contributed by atoms with van der Waals surface area (Å²) in [6.45, 7) is 7.14. The summed E-state index contributed by atoms with van der Waals surface area (Å²) < 4.78 is 11.5. The molecule has 0 unspecified atom stereocenters. The number of ether oxygens (including phenoxy) is 2. The van der Waals surface area contributed by atoms with Crippen LogP contribution >= 0.6 is 0 Å². The minimum atomic E-state index is -1.05. The molecular formula is C30H32N6O4. The van der Waals surface area contributed by atoms with Crippen molar-refractivity contribution in [3.63, 3.8) is 0 Å². The first-order valence-corrected chi connectivity index (χ1v) is 13.1. The zero-order chi connectivity index (χ0) is 28.3. The summed E-state index contributed by atoms with van der Waals surface area (Å²) in [5.41, 5.74) is 2.83. The van der Waals surface area contributed by atoms with Crippen LogP contribution < -0.4 is 19.7 Å². The van der Waals surface area contributed by atoms with Crippen LogP contribution in [-0.4, -0.2) is 57.6 Å². The van der Waals surface area contributed by atoms with E-state index in [4.69, 9.17) is 9.47 Å². The number of imide groups is 1. The minimum absolute atomic E-state index is 0.271. The smallest absolute Gasteiger partial charge is 0.332 e. The van der Waals surface area contributed by atoms with Crippen molar-refractivity contribution in [3.8, 4) is 11.5 Å². The number of methoxy groups -OCH3 is 1. The van der Waals surface area contributed by atoms with Gasteiger partial charge in [-0.1, -0.05) is 18.2 Å². The second kappa shape index (κ2) is 11.3. The molecule has 10 heteroatoms. The van der Waals surface area contributed by atoms with E-state index in [1.54, 1.807) is 62.6 Å². The van der Waals surface area contributed by atoms with Crippen LogP contribution in [0.25, 0.3) is 10.9 Å². The van der Waals surface area contributed by atoms with Gasteiger partial charge < -0.3 is 19.7 Å². The molecule has 4 aromatic rings. The number of aromatic nitrogens is 3. The fourth-order valence-electron chi connectivity index (χ4n) is 4.67. The van der Waals surface area contributed by atoms with Gasteiger partial charge in [-0.15, -0.1) is 0 Å². The Labute approximate surface area is 233 Å². The lowest BCUT2D eigenvalue weighted by molar-refractivity contribution is -0.123. The minimum Gasteiger partial charge on any atom is -0.493 e. The quantitative estimate of drug-likeness (QED) is 0.235. The number of hydrogen-bond acceptors (Lipinski definition) is 8. The number of carbonyl (C=O) groups is 2. The predicted molar refractivity (Wildman–Crippen MR) is 151 cm³/mol. The van der Waals surface area contributed by atoms with Crippen molar-refractivity contribution in [2.45, 2.75) is 39.4 Å². The lowest BCUT2D eigenvalue weighted by Gasteiger charge is -2.28. The average molecular weight is 541 g/mol. The SMILES string of the molecule is COc1ccc(N2C(=O)N(Cc3ccnc4ccccc34)C(C)(C)C2=O)cc1OCCNCc1cnc(C)cn1. The Morgan fingerprint density at radius 2 is 1.80 bits per heavy atom. The lowest BCUT2D eigenvalue weighted by Crippen LogP contribution is -2.43. The van der Waals surface area contributed by atoms with Gasteiger partial charge in [-0.2, -0.15) is 0 Å². The van der Waals surface area contributed by atoms with E-state index in [0.29, 0.717) is 36.9 Å². The van der Waals surface area contributed by atoms with Crippen molar-refractivity contribution >= 4 is 28.5 Å². The van der Waals surface area contributed by atoms with Gasteiger partial charge in [0.05, 0.1) is 29.7 Å². The number of rotatable bonds is 10. The van der Waals surface area contributed by atoms with E-state index >= 15 is 0 Å². The molecule has 40 heavy (non-hydrogen) atoms. The number of carbonyl (C=O) groups excluding carboxylic acids is 2. The van der Waals surface area contributed by atoms with Crippen LogP contribution in [0.5, 0.6) is 11.5 Å². The number of hydrogen-bond donors (Lipinski definition) is 1. The van der Waals surface area contributed by atoms with Crippen molar-refractivity contribution in [1.82, 2.24) is 25.2 Å². The number of benzene rings is 2. The predicted octanol–water partition coefficient (Wildman–Crippen LogP) is 4.26. The van der Waals surface area contributed by atoms with E-state index in [-0.39, 0.29) is 12.5 Å². The van der Waals surface area contributed by atoms with Crippen molar-refractivity contribution in [1.29, 1.82) is 0 Å².